The summed E-state index contributed by atoms with van der Waals surface area (Å²) in [4.78, 5) is 36.3. The number of urea groups is 1. The SMILES string of the molecule is CC(C)NC(=O)NCc1ccc(C(=O)O[C@@H](C)C(=O)Nc2ccc(C(C)C)cc2)cc1. The fourth-order valence-corrected chi connectivity index (χ4v) is 2.73. The maximum absolute atomic E-state index is 12.3. The van der Waals surface area contributed by atoms with E-state index in [-0.39, 0.29) is 12.1 Å². The van der Waals surface area contributed by atoms with Crippen molar-refractivity contribution in [1.29, 1.82) is 0 Å². The van der Waals surface area contributed by atoms with Crippen LogP contribution in [0, 0.1) is 0 Å². The molecule has 0 unspecified atom stereocenters. The number of amides is 3. The third kappa shape index (κ3) is 7.77. The molecule has 0 aliphatic rings. The first-order valence-electron chi connectivity index (χ1n) is 10.4. The third-order valence-corrected chi connectivity index (χ3v) is 4.56. The van der Waals surface area contributed by atoms with Crippen LogP contribution in [-0.2, 0) is 16.1 Å². The molecule has 2 aromatic rings. The molecule has 0 aromatic heterocycles. The molecule has 0 saturated carbocycles. The van der Waals surface area contributed by atoms with Crippen molar-refractivity contribution in [2.24, 2.45) is 0 Å². The number of hydrogen-bond donors (Lipinski definition) is 3. The van der Waals surface area contributed by atoms with Gasteiger partial charge in [-0.15, -0.1) is 0 Å². The van der Waals surface area contributed by atoms with Gasteiger partial charge in [-0.2, -0.15) is 0 Å². The van der Waals surface area contributed by atoms with Crippen LogP contribution in [0.3, 0.4) is 0 Å². The Kier molecular flexibility index (Phi) is 8.61. The molecule has 166 valence electrons. The zero-order valence-corrected chi connectivity index (χ0v) is 18.7. The normalized spacial score (nSPS) is 11.7. The van der Waals surface area contributed by atoms with Crippen molar-refractivity contribution in [2.75, 3.05) is 5.32 Å². The van der Waals surface area contributed by atoms with E-state index in [1.54, 1.807) is 24.3 Å². The van der Waals surface area contributed by atoms with Gasteiger partial charge in [0.15, 0.2) is 6.10 Å². The third-order valence-electron chi connectivity index (χ3n) is 4.56. The molecular formula is C24H31N3O4. The van der Waals surface area contributed by atoms with E-state index in [1.807, 2.05) is 38.1 Å². The van der Waals surface area contributed by atoms with Gasteiger partial charge in [-0.25, -0.2) is 9.59 Å². The summed E-state index contributed by atoms with van der Waals surface area (Å²) in [6.07, 6.45) is -0.946. The molecule has 7 heteroatoms. The second kappa shape index (κ2) is 11.2. The zero-order valence-electron chi connectivity index (χ0n) is 18.7. The summed E-state index contributed by atoms with van der Waals surface area (Å²) in [6.45, 7) is 9.82. The van der Waals surface area contributed by atoms with Crippen LogP contribution in [0.4, 0.5) is 10.5 Å². The highest BCUT2D eigenvalue weighted by atomic mass is 16.5. The lowest BCUT2D eigenvalue weighted by atomic mass is 10.0. The first kappa shape index (κ1) is 23.9. The maximum atomic E-state index is 12.3. The van der Waals surface area contributed by atoms with Gasteiger partial charge in [0, 0.05) is 18.3 Å². The number of benzene rings is 2. The van der Waals surface area contributed by atoms with E-state index in [1.165, 1.54) is 12.5 Å². The lowest BCUT2D eigenvalue weighted by Gasteiger charge is -2.14. The number of carbonyl (C=O) groups excluding carboxylic acids is 3. The Balaban J connectivity index is 1.85. The van der Waals surface area contributed by atoms with Crippen LogP contribution in [0.25, 0.3) is 0 Å². The first-order valence-corrected chi connectivity index (χ1v) is 10.4. The number of esters is 1. The summed E-state index contributed by atoms with van der Waals surface area (Å²) < 4.78 is 5.28. The smallest absolute Gasteiger partial charge is 0.338 e. The largest absolute Gasteiger partial charge is 0.449 e. The summed E-state index contributed by atoms with van der Waals surface area (Å²) in [5.74, 6) is -0.582. The van der Waals surface area contributed by atoms with E-state index in [0.717, 1.165) is 5.56 Å². The molecular weight excluding hydrogens is 394 g/mol. The predicted molar refractivity (Wildman–Crippen MR) is 121 cm³/mol. The molecule has 0 radical (unpaired) electrons. The molecule has 0 fully saturated rings. The van der Waals surface area contributed by atoms with Crippen LogP contribution < -0.4 is 16.0 Å². The fraction of sp³-hybridized carbons (Fsp3) is 0.375. The van der Waals surface area contributed by atoms with Gasteiger partial charge in [-0.1, -0.05) is 38.1 Å². The van der Waals surface area contributed by atoms with Crippen LogP contribution in [0.5, 0.6) is 0 Å². The van der Waals surface area contributed by atoms with Gasteiger partial charge in [0.2, 0.25) is 0 Å². The lowest BCUT2D eigenvalue weighted by molar-refractivity contribution is -0.123. The summed E-state index contributed by atoms with van der Waals surface area (Å²) in [7, 11) is 0. The van der Waals surface area contributed by atoms with Gasteiger partial charge < -0.3 is 20.7 Å². The van der Waals surface area contributed by atoms with Crippen molar-refractivity contribution in [1.82, 2.24) is 10.6 Å². The van der Waals surface area contributed by atoms with Crippen LogP contribution in [0.2, 0.25) is 0 Å². The minimum atomic E-state index is -0.946. The molecule has 7 nitrogen and oxygen atoms in total. The Hall–Kier alpha value is -3.35. The second-order valence-corrected chi connectivity index (χ2v) is 7.99. The number of ether oxygens (including phenoxy) is 1. The summed E-state index contributed by atoms with van der Waals surface area (Å²) in [5, 5.41) is 8.23. The zero-order chi connectivity index (χ0) is 23.0. The van der Waals surface area contributed by atoms with Gasteiger partial charge in [-0.3, -0.25) is 4.79 Å². The van der Waals surface area contributed by atoms with Crippen LogP contribution >= 0.6 is 0 Å². The maximum Gasteiger partial charge on any atom is 0.338 e. The number of anilines is 1. The number of carbonyl (C=O) groups is 3. The Bertz CT molecular complexity index is 890. The standard InChI is InChI=1S/C24H31N3O4/c1-15(2)19-10-12-21(13-11-19)27-22(28)17(5)31-23(29)20-8-6-18(7-9-20)14-25-24(30)26-16(3)4/h6-13,15-17H,14H2,1-5H3,(H,27,28)(H2,25,26,30)/t17-/m0/s1. The monoisotopic (exact) mass is 425 g/mol. The molecule has 3 amide bonds. The number of rotatable bonds is 8. The Labute approximate surface area is 183 Å². The molecule has 2 rings (SSSR count). The quantitative estimate of drug-likeness (QED) is 0.552. The highest BCUT2D eigenvalue weighted by Crippen LogP contribution is 2.17. The molecule has 31 heavy (non-hydrogen) atoms. The van der Waals surface area contributed by atoms with Gasteiger partial charge in [0.1, 0.15) is 0 Å². The Morgan fingerprint density at radius 1 is 0.871 bits per heavy atom. The van der Waals surface area contributed by atoms with E-state index >= 15 is 0 Å². The molecule has 3 N–H and O–H groups in total. The molecule has 1 atom stereocenters. The molecule has 2 aromatic carbocycles. The molecule has 0 bridgehead atoms. The van der Waals surface area contributed by atoms with E-state index in [4.69, 9.17) is 4.74 Å². The van der Waals surface area contributed by atoms with Crippen molar-refractivity contribution < 1.29 is 19.1 Å². The van der Waals surface area contributed by atoms with Gasteiger partial charge in [-0.05, 0) is 62.1 Å². The minimum absolute atomic E-state index is 0.0516. The summed E-state index contributed by atoms with van der Waals surface area (Å²) in [5.41, 5.74) is 3.00. The fourth-order valence-electron chi connectivity index (χ4n) is 2.73. The molecule has 0 heterocycles. The Morgan fingerprint density at radius 3 is 2.03 bits per heavy atom. The second-order valence-electron chi connectivity index (χ2n) is 7.99. The summed E-state index contributed by atoms with van der Waals surface area (Å²) in [6, 6.07) is 14.0. The van der Waals surface area contributed by atoms with Crippen molar-refractivity contribution in [2.45, 2.75) is 59.2 Å². The first-order chi connectivity index (χ1) is 14.7. The van der Waals surface area contributed by atoms with Crippen molar-refractivity contribution in [3.8, 4) is 0 Å². The summed E-state index contributed by atoms with van der Waals surface area (Å²) >= 11 is 0. The van der Waals surface area contributed by atoms with Crippen LogP contribution in [-0.4, -0.2) is 30.1 Å². The Morgan fingerprint density at radius 2 is 1.48 bits per heavy atom. The molecule has 0 spiro atoms. The molecule has 0 aliphatic carbocycles. The van der Waals surface area contributed by atoms with Crippen molar-refractivity contribution >= 4 is 23.6 Å². The molecule has 0 saturated heterocycles. The lowest BCUT2D eigenvalue weighted by Crippen LogP contribution is -2.39. The van der Waals surface area contributed by atoms with E-state index in [0.29, 0.717) is 23.7 Å². The highest BCUT2D eigenvalue weighted by Gasteiger charge is 2.19. The minimum Gasteiger partial charge on any atom is -0.449 e. The van der Waals surface area contributed by atoms with Crippen LogP contribution in [0.15, 0.2) is 48.5 Å². The average Bonchev–Trinajstić information content (AvgIpc) is 2.72. The van der Waals surface area contributed by atoms with Gasteiger partial charge >= 0.3 is 12.0 Å². The average molecular weight is 426 g/mol. The van der Waals surface area contributed by atoms with Gasteiger partial charge in [0.25, 0.3) is 5.91 Å². The van der Waals surface area contributed by atoms with Crippen LogP contribution in [0.1, 0.15) is 62.0 Å². The molecule has 0 aliphatic heterocycles. The van der Waals surface area contributed by atoms with Crippen molar-refractivity contribution in [3.63, 3.8) is 0 Å². The van der Waals surface area contributed by atoms with E-state index in [2.05, 4.69) is 29.8 Å². The number of hydrogen-bond acceptors (Lipinski definition) is 4. The number of nitrogens with one attached hydrogen (secondary N) is 3. The van der Waals surface area contributed by atoms with E-state index < -0.39 is 18.0 Å². The van der Waals surface area contributed by atoms with Gasteiger partial charge in [0.05, 0.1) is 5.56 Å². The van der Waals surface area contributed by atoms with Crippen molar-refractivity contribution in [3.05, 3.63) is 65.2 Å². The predicted octanol–water partition coefficient (Wildman–Crippen LogP) is 4.20. The highest BCUT2D eigenvalue weighted by molar-refractivity contribution is 5.97. The van der Waals surface area contributed by atoms with E-state index in [9.17, 15) is 14.4 Å². The topological polar surface area (TPSA) is 96.5 Å².